The summed E-state index contributed by atoms with van der Waals surface area (Å²) < 4.78 is 13.1. The highest BCUT2D eigenvalue weighted by Gasteiger charge is 2.29. The van der Waals surface area contributed by atoms with E-state index in [-0.39, 0.29) is 12.6 Å². The molecule has 4 aromatic rings. The van der Waals surface area contributed by atoms with Crippen LogP contribution in [0.2, 0.25) is 0 Å². The van der Waals surface area contributed by atoms with Crippen molar-refractivity contribution in [3.63, 3.8) is 0 Å². The first-order valence-electron chi connectivity index (χ1n) is 14.9. The SMILES string of the molecule is Cc1c(COc2cc(OCc3cncc(C#N)c3)c(CN3CCC[C@@H]3CO)c3c2CCC3)cccc1-c1ccccc1. The summed E-state index contributed by atoms with van der Waals surface area (Å²) in [4.78, 5) is 6.59. The minimum absolute atomic E-state index is 0.174. The van der Waals surface area contributed by atoms with Gasteiger partial charge in [0.15, 0.2) is 0 Å². The summed E-state index contributed by atoms with van der Waals surface area (Å²) >= 11 is 0. The van der Waals surface area contributed by atoms with Gasteiger partial charge in [-0.3, -0.25) is 9.88 Å². The first-order valence-corrected chi connectivity index (χ1v) is 14.9. The molecular formula is C36H37N3O3. The molecule has 2 heterocycles. The van der Waals surface area contributed by atoms with Gasteiger partial charge in [-0.1, -0.05) is 48.5 Å². The van der Waals surface area contributed by atoms with E-state index in [1.165, 1.54) is 33.4 Å². The third-order valence-electron chi connectivity index (χ3n) is 8.74. The Balaban J connectivity index is 1.31. The molecular weight excluding hydrogens is 522 g/mol. The van der Waals surface area contributed by atoms with Gasteiger partial charge in [-0.05, 0) is 85.0 Å². The van der Waals surface area contributed by atoms with E-state index >= 15 is 0 Å². The van der Waals surface area contributed by atoms with Gasteiger partial charge in [-0.2, -0.15) is 5.26 Å². The molecule has 1 aliphatic carbocycles. The van der Waals surface area contributed by atoms with Crippen LogP contribution in [-0.4, -0.2) is 34.2 Å². The molecule has 0 spiro atoms. The maximum Gasteiger partial charge on any atom is 0.128 e. The number of likely N-dealkylation sites (tertiary alicyclic amines) is 1. The molecule has 1 aliphatic heterocycles. The van der Waals surface area contributed by atoms with Gasteiger partial charge in [-0.15, -0.1) is 0 Å². The van der Waals surface area contributed by atoms with Gasteiger partial charge in [-0.25, -0.2) is 0 Å². The molecule has 6 heteroatoms. The zero-order valence-electron chi connectivity index (χ0n) is 24.2. The van der Waals surface area contributed by atoms with Crippen molar-refractivity contribution in [2.45, 2.75) is 64.8 Å². The number of nitriles is 1. The van der Waals surface area contributed by atoms with Gasteiger partial charge in [0.1, 0.15) is 30.8 Å². The molecule has 2 aliphatic rings. The van der Waals surface area contributed by atoms with Crippen LogP contribution in [0, 0.1) is 18.3 Å². The number of fused-ring (bicyclic) bond motifs is 1. The van der Waals surface area contributed by atoms with Crippen molar-refractivity contribution in [3.8, 4) is 28.7 Å². The fraction of sp³-hybridized carbons (Fsp3) is 0.333. The second-order valence-corrected chi connectivity index (χ2v) is 11.3. The molecule has 1 N–H and O–H groups in total. The van der Waals surface area contributed by atoms with Gasteiger partial charge < -0.3 is 14.6 Å². The lowest BCUT2D eigenvalue weighted by molar-refractivity contribution is 0.151. The second-order valence-electron chi connectivity index (χ2n) is 11.3. The lowest BCUT2D eigenvalue weighted by atomic mass is 9.97. The highest BCUT2D eigenvalue weighted by molar-refractivity contribution is 5.68. The zero-order valence-corrected chi connectivity index (χ0v) is 24.2. The van der Waals surface area contributed by atoms with Crippen LogP contribution in [0.5, 0.6) is 11.5 Å². The molecule has 1 fully saturated rings. The van der Waals surface area contributed by atoms with Crippen LogP contribution in [0.1, 0.15) is 58.2 Å². The van der Waals surface area contributed by atoms with Gasteiger partial charge in [0.05, 0.1) is 12.2 Å². The van der Waals surface area contributed by atoms with Crippen LogP contribution in [0.3, 0.4) is 0 Å². The van der Waals surface area contributed by atoms with Gasteiger partial charge in [0, 0.05) is 42.2 Å². The average molecular weight is 560 g/mol. The number of rotatable bonds is 10. The van der Waals surface area contributed by atoms with E-state index in [1.807, 2.05) is 12.1 Å². The first-order chi connectivity index (χ1) is 20.6. The number of hydrogen-bond acceptors (Lipinski definition) is 6. The summed E-state index contributed by atoms with van der Waals surface area (Å²) in [7, 11) is 0. The smallest absolute Gasteiger partial charge is 0.128 e. The van der Waals surface area contributed by atoms with Crippen LogP contribution in [0.25, 0.3) is 11.1 Å². The van der Waals surface area contributed by atoms with Crippen molar-refractivity contribution in [2.24, 2.45) is 0 Å². The molecule has 0 saturated carbocycles. The summed E-state index contributed by atoms with van der Waals surface area (Å²) in [6.07, 6.45) is 8.48. The predicted molar refractivity (Wildman–Crippen MR) is 163 cm³/mol. The lowest BCUT2D eigenvalue weighted by Crippen LogP contribution is -2.32. The summed E-state index contributed by atoms with van der Waals surface area (Å²) in [6, 6.07) is 23.1. The predicted octanol–water partition coefficient (Wildman–Crippen LogP) is 6.53. The summed E-state index contributed by atoms with van der Waals surface area (Å²) in [6.45, 7) is 4.86. The maximum atomic E-state index is 9.99. The van der Waals surface area contributed by atoms with Crippen molar-refractivity contribution in [3.05, 3.63) is 112 Å². The normalized spacial score (nSPS) is 16.3. The van der Waals surface area contributed by atoms with E-state index in [0.717, 1.165) is 67.8 Å². The van der Waals surface area contributed by atoms with E-state index in [2.05, 4.69) is 71.4 Å². The number of aromatic nitrogens is 1. The molecule has 0 unspecified atom stereocenters. The molecule has 6 rings (SSSR count). The quantitative estimate of drug-likeness (QED) is 0.238. The van der Waals surface area contributed by atoms with E-state index in [9.17, 15) is 10.4 Å². The molecule has 1 saturated heterocycles. The maximum absolute atomic E-state index is 9.99. The number of hydrogen-bond donors (Lipinski definition) is 1. The summed E-state index contributed by atoms with van der Waals surface area (Å²) in [5, 5.41) is 19.3. The van der Waals surface area contributed by atoms with Gasteiger partial charge >= 0.3 is 0 Å². The van der Waals surface area contributed by atoms with Crippen molar-refractivity contribution in [2.75, 3.05) is 13.2 Å². The van der Waals surface area contributed by atoms with E-state index in [1.54, 1.807) is 12.4 Å². The van der Waals surface area contributed by atoms with Crippen molar-refractivity contribution < 1.29 is 14.6 Å². The van der Waals surface area contributed by atoms with Gasteiger partial charge in [0.2, 0.25) is 0 Å². The van der Waals surface area contributed by atoms with E-state index in [4.69, 9.17) is 9.47 Å². The van der Waals surface area contributed by atoms with Crippen LogP contribution in [0.15, 0.2) is 73.1 Å². The Morgan fingerprint density at radius 3 is 2.62 bits per heavy atom. The number of nitrogens with zero attached hydrogens (tertiary/aromatic N) is 3. The van der Waals surface area contributed by atoms with Crippen LogP contribution < -0.4 is 9.47 Å². The third kappa shape index (κ3) is 5.90. The fourth-order valence-corrected chi connectivity index (χ4v) is 6.45. The monoisotopic (exact) mass is 559 g/mol. The Bertz CT molecular complexity index is 1590. The molecule has 0 amide bonds. The Kier molecular flexibility index (Phi) is 8.50. The summed E-state index contributed by atoms with van der Waals surface area (Å²) in [5.41, 5.74) is 9.98. The number of ether oxygens (including phenoxy) is 2. The first kappa shape index (κ1) is 28.0. The molecule has 1 atom stereocenters. The van der Waals surface area contributed by atoms with Crippen LogP contribution in [-0.2, 0) is 32.6 Å². The minimum Gasteiger partial charge on any atom is -0.488 e. The third-order valence-corrected chi connectivity index (χ3v) is 8.74. The number of pyridine rings is 1. The number of aliphatic hydroxyl groups is 1. The van der Waals surface area contributed by atoms with Crippen molar-refractivity contribution >= 4 is 0 Å². The molecule has 3 aromatic carbocycles. The standard InChI is InChI=1S/C36H37N3O3/c1-25-29(10-5-12-31(25)28-8-3-2-4-9-28)24-42-35-17-36(41-23-27-16-26(18-37)19-38-20-27)34(32-13-6-14-33(32)35)21-39-15-7-11-30(39)22-40/h2-5,8-10,12,16-17,19-20,30,40H,6-7,11,13-15,21-24H2,1H3/t30-/m1/s1. The Hall–Kier alpha value is -4.18. The lowest BCUT2D eigenvalue weighted by Gasteiger charge is -2.26. The average Bonchev–Trinajstić information content (AvgIpc) is 3.71. The highest BCUT2D eigenvalue weighted by atomic mass is 16.5. The molecule has 1 aromatic heterocycles. The Morgan fingerprint density at radius 1 is 0.952 bits per heavy atom. The number of benzene rings is 3. The zero-order chi connectivity index (χ0) is 28.9. The Labute approximate surface area is 248 Å². The van der Waals surface area contributed by atoms with E-state index < -0.39 is 0 Å². The molecule has 0 radical (unpaired) electrons. The van der Waals surface area contributed by atoms with Crippen molar-refractivity contribution in [1.82, 2.24) is 9.88 Å². The molecule has 6 nitrogen and oxygen atoms in total. The van der Waals surface area contributed by atoms with Gasteiger partial charge in [0.25, 0.3) is 0 Å². The van der Waals surface area contributed by atoms with Crippen LogP contribution >= 0.6 is 0 Å². The Morgan fingerprint density at radius 2 is 1.79 bits per heavy atom. The fourth-order valence-electron chi connectivity index (χ4n) is 6.45. The molecule has 42 heavy (non-hydrogen) atoms. The van der Waals surface area contributed by atoms with Crippen LogP contribution in [0.4, 0.5) is 0 Å². The molecule has 0 bridgehead atoms. The molecule has 214 valence electrons. The van der Waals surface area contributed by atoms with E-state index in [0.29, 0.717) is 18.8 Å². The topological polar surface area (TPSA) is 78.6 Å². The second kappa shape index (κ2) is 12.8. The summed E-state index contributed by atoms with van der Waals surface area (Å²) in [5.74, 6) is 1.70. The minimum atomic E-state index is 0.174. The largest absolute Gasteiger partial charge is 0.488 e. The highest BCUT2D eigenvalue weighted by Crippen LogP contribution is 2.41. The van der Waals surface area contributed by atoms with Crippen molar-refractivity contribution in [1.29, 1.82) is 5.26 Å². The number of aliphatic hydroxyl groups excluding tert-OH is 1.